The highest BCUT2D eigenvalue weighted by Gasteiger charge is 2.36. The van der Waals surface area contributed by atoms with Crippen LogP contribution in [-0.4, -0.2) is 16.4 Å². The standard InChI is InChI=1S/C11H8F5N3O/c12-10(13)20-9-5-8(11(14,15)16)18-19(9)7-3-1-6(17)2-4-7/h1-5,10H,17H2. The quantitative estimate of drug-likeness (QED) is 0.699. The van der Waals surface area contributed by atoms with Gasteiger partial charge in [-0.05, 0) is 24.3 Å². The van der Waals surface area contributed by atoms with Gasteiger partial charge in [0.1, 0.15) is 0 Å². The van der Waals surface area contributed by atoms with E-state index in [2.05, 4.69) is 9.84 Å². The Hall–Kier alpha value is -2.32. The topological polar surface area (TPSA) is 53.1 Å². The Balaban J connectivity index is 2.49. The van der Waals surface area contributed by atoms with Crippen LogP contribution in [0.1, 0.15) is 5.69 Å². The molecule has 0 spiro atoms. The molecule has 0 saturated carbocycles. The average Bonchev–Trinajstić information content (AvgIpc) is 2.73. The molecular formula is C11H8F5N3O. The molecule has 0 unspecified atom stereocenters. The highest BCUT2D eigenvalue weighted by molar-refractivity contribution is 5.46. The van der Waals surface area contributed by atoms with Crippen LogP contribution in [0, 0.1) is 0 Å². The number of nitrogens with two attached hydrogens (primary N) is 1. The first-order valence-corrected chi connectivity index (χ1v) is 5.25. The van der Waals surface area contributed by atoms with Gasteiger partial charge >= 0.3 is 12.8 Å². The molecule has 1 aromatic carbocycles. The molecule has 0 bridgehead atoms. The van der Waals surface area contributed by atoms with Crippen molar-refractivity contribution in [2.75, 3.05) is 5.73 Å². The van der Waals surface area contributed by atoms with Crippen molar-refractivity contribution in [3.05, 3.63) is 36.0 Å². The molecule has 0 amide bonds. The zero-order chi connectivity index (χ0) is 14.9. The summed E-state index contributed by atoms with van der Waals surface area (Å²) < 4.78 is 66.8. The predicted octanol–water partition coefficient (Wildman–Crippen LogP) is 3.07. The summed E-state index contributed by atoms with van der Waals surface area (Å²) in [6.07, 6.45) is -4.76. The Morgan fingerprint density at radius 1 is 1.15 bits per heavy atom. The van der Waals surface area contributed by atoms with Gasteiger partial charge in [0, 0.05) is 11.8 Å². The number of aromatic nitrogens is 2. The van der Waals surface area contributed by atoms with Gasteiger partial charge < -0.3 is 10.5 Å². The Labute approximate surface area is 109 Å². The molecule has 4 nitrogen and oxygen atoms in total. The lowest BCUT2D eigenvalue weighted by molar-refractivity contribution is -0.141. The van der Waals surface area contributed by atoms with Gasteiger partial charge in [0.25, 0.3) is 0 Å². The SMILES string of the molecule is Nc1ccc(-n2nc(C(F)(F)F)cc2OC(F)F)cc1. The molecule has 0 radical (unpaired) electrons. The molecule has 108 valence electrons. The number of ether oxygens (including phenoxy) is 1. The first-order chi connectivity index (χ1) is 9.27. The summed E-state index contributed by atoms with van der Waals surface area (Å²) in [6.45, 7) is -3.26. The second kappa shape index (κ2) is 4.99. The summed E-state index contributed by atoms with van der Waals surface area (Å²) in [4.78, 5) is 0. The van der Waals surface area contributed by atoms with Crippen molar-refractivity contribution in [2.45, 2.75) is 12.8 Å². The average molecular weight is 293 g/mol. The summed E-state index contributed by atoms with van der Waals surface area (Å²) >= 11 is 0. The van der Waals surface area contributed by atoms with Crippen molar-refractivity contribution < 1.29 is 26.7 Å². The third-order valence-corrected chi connectivity index (χ3v) is 2.31. The maximum atomic E-state index is 12.6. The molecule has 1 aromatic heterocycles. The maximum Gasteiger partial charge on any atom is 0.435 e. The number of rotatable bonds is 3. The normalized spacial score (nSPS) is 11.9. The molecule has 0 fully saturated rings. The van der Waals surface area contributed by atoms with Crippen molar-refractivity contribution in [3.63, 3.8) is 0 Å². The lowest BCUT2D eigenvalue weighted by Crippen LogP contribution is -2.09. The van der Waals surface area contributed by atoms with Crippen LogP contribution < -0.4 is 10.5 Å². The van der Waals surface area contributed by atoms with E-state index in [4.69, 9.17) is 5.73 Å². The fraction of sp³-hybridized carbons (Fsp3) is 0.182. The maximum absolute atomic E-state index is 12.6. The number of hydrogen-bond donors (Lipinski definition) is 1. The van der Waals surface area contributed by atoms with Crippen molar-refractivity contribution >= 4 is 5.69 Å². The molecule has 2 N–H and O–H groups in total. The van der Waals surface area contributed by atoms with Crippen molar-refractivity contribution in [1.29, 1.82) is 0 Å². The fourth-order valence-corrected chi connectivity index (χ4v) is 1.48. The molecule has 0 saturated heterocycles. The van der Waals surface area contributed by atoms with E-state index in [-0.39, 0.29) is 5.69 Å². The number of nitrogen functional groups attached to an aromatic ring is 1. The molecule has 0 aliphatic carbocycles. The van der Waals surface area contributed by atoms with Crippen LogP contribution in [0.2, 0.25) is 0 Å². The first-order valence-electron chi connectivity index (χ1n) is 5.25. The van der Waals surface area contributed by atoms with E-state index >= 15 is 0 Å². The minimum atomic E-state index is -4.76. The number of nitrogens with zero attached hydrogens (tertiary/aromatic N) is 2. The molecule has 0 atom stereocenters. The monoisotopic (exact) mass is 293 g/mol. The Bertz CT molecular complexity index is 591. The van der Waals surface area contributed by atoms with Crippen LogP contribution >= 0.6 is 0 Å². The second-order valence-corrected chi connectivity index (χ2v) is 3.75. The van der Waals surface area contributed by atoms with Crippen LogP contribution in [0.25, 0.3) is 5.69 Å². The molecule has 1 heterocycles. The number of anilines is 1. The Morgan fingerprint density at radius 3 is 2.25 bits per heavy atom. The third kappa shape index (κ3) is 2.98. The largest absolute Gasteiger partial charge is 0.435 e. The number of alkyl halides is 5. The van der Waals surface area contributed by atoms with E-state index in [1.54, 1.807) is 0 Å². The molecule has 0 aliphatic heterocycles. The second-order valence-electron chi connectivity index (χ2n) is 3.75. The van der Waals surface area contributed by atoms with Crippen molar-refractivity contribution in [3.8, 4) is 11.6 Å². The van der Waals surface area contributed by atoms with E-state index in [1.165, 1.54) is 24.3 Å². The summed E-state index contributed by atoms with van der Waals surface area (Å²) in [5.74, 6) is -0.711. The summed E-state index contributed by atoms with van der Waals surface area (Å²) in [5.41, 5.74) is 4.59. The van der Waals surface area contributed by atoms with Crippen LogP contribution in [0.5, 0.6) is 5.88 Å². The molecule has 0 aliphatic rings. The molecular weight excluding hydrogens is 285 g/mol. The van der Waals surface area contributed by atoms with Gasteiger partial charge in [0.05, 0.1) is 5.69 Å². The first kappa shape index (κ1) is 14.1. The van der Waals surface area contributed by atoms with Crippen LogP contribution in [-0.2, 0) is 6.18 Å². The van der Waals surface area contributed by atoms with Crippen molar-refractivity contribution in [2.24, 2.45) is 0 Å². The van der Waals surface area contributed by atoms with Crippen LogP contribution in [0.15, 0.2) is 30.3 Å². The van der Waals surface area contributed by atoms with E-state index in [0.717, 1.165) is 0 Å². The predicted molar refractivity (Wildman–Crippen MR) is 59.6 cm³/mol. The summed E-state index contributed by atoms with van der Waals surface area (Å²) in [6, 6.07) is 5.87. The van der Waals surface area contributed by atoms with Crippen LogP contribution in [0.4, 0.5) is 27.6 Å². The van der Waals surface area contributed by atoms with Gasteiger partial charge in [-0.1, -0.05) is 0 Å². The van der Waals surface area contributed by atoms with Crippen molar-refractivity contribution in [1.82, 2.24) is 9.78 Å². The lowest BCUT2D eigenvalue weighted by Gasteiger charge is -2.08. The fourth-order valence-electron chi connectivity index (χ4n) is 1.48. The van der Waals surface area contributed by atoms with Crippen LogP contribution in [0.3, 0.4) is 0 Å². The third-order valence-electron chi connectivity index (χ3n) is 2.31. The van der Waals surface area contributed by atoms with Gasteiger partial charge in [-0.3, -0.25) is 0 Å². The highest BCUT2D eigenvalue weighted by atomic mass is 19.4. The van der Waals surface area contributed by atoms with E-state index in [0.29, 0.717) is 16.4 Å². The van der Waals surface area contributed by atoms with Gasteiger partial charge in [-0.25, -0.2) is 4.68 Å². The Kier molecular flexibility index (Phi) is 3.51. The van der Waals surface area contributed by atoms with Gasteiger partial charge in [-0.15, -0.1) is 0 Å². The summed E-state index contributed by atoms with van der Waals surface area (Å²) in [7, 11) is 0. The smallest absolute Gasteiger partial charge is 0.417 e. The van der Waals surface area contributed by atoms with E-state index in [1.807, 2.05) is 0 Å². The zero-order valence-corrected chi connectivity index (χ0v) is 9.73. The van der Waals surface area contributed by atoms with E-state index < -0.39 is 24.4 Å². The van der Waals surface area contributed by atoms with Gasteiger partial charge in [0.15, 0.2) is 5.69 Å². The Morgan fingerprint density at radius 2 is 1.75 bits per heavy atom. The number of halogens is 5. The summed E-state index contributed by atoms with van der Waals surface area (Å²) in [5, 5.41) is 3.23. The minimum absolute atomic E-state index is 0.116. The molecule has 9 heteroatoms. The molecule has 2 aromatic rings. The molecule has 2 rings (SSSR count). The number of hydrogen-bond acceptors (Lipinski definition) is 3. The minimum Gasteiger partial charge on any atom is -0.417 e. The highest BCUT2D eigenvalue weighted by Crippen LogP contribution is 2.32. The molecule has 20 heavy (non-hydrogen) atoms. The van der Waals surface area contributed by atoms with Gasteiger partial charge in [-0.2, -0.15) is 27.1 Å². The van der Waals surface area contributed by atoms with E-state index in [9.17, 15) is 22.0 Å². The van der Waals surface area contributed by atoms with Gasteiger partial charge in [0.2, 0.25) is 5.88 Å². The number of benzene rings is 1. The lowest BCUT2D eigenvalue weighted by atomic mass is 10.3. The zero-order valence-electron chi connectivity index (χ0n) is 9.73.